The minimum atomic E-state index is -0.0790. The van der Waals surface area contributed by atoms with Gasteiger partial charge in [-0.3, -0.25) is 0 Å². The van der Waals surface area contributed by atoms with Gasteiger partial charge in [0.15, 0.2) is 0 Å². The first-order chi connectivity index (χ1) is 22.1. The van der Waals surface area contributed by atoms with Crippen molar-refractivity contribution in [3.05, 3.63) is 151 Å². The van der Waals surface area contributed by atoms with E-state index in [4.69, 9.17) is 0 Å². The Hall–Kier alpha value is -5.18. The highest BCUT2D eigenvalue weighted by Crippen LogP contribution is 2.53. The van der Waals surface area contributed by atoms with Gasteiger partial charge in [0.05, 0.1) is 11.4 Å². The molecule has 45 heavy (non-hydrogen) atoms. The van der Waals surface area contributed by atoms with Gasteiger partial charge >= 0.3 is 0 Å². The topological polar surface area (TPSA) is 3.24 Å². The molecule has 0 atom stereocenters. The summed E-state index contributed by atoms with van der Waals surface area (Å²) in [5, 5.41) is 13.2. The fourth-order valence-electron chi connectivity index (χ4n) is 8.07. The van der Waals surface area contributed by atoms with Crippen LogP contribution >= 0.6 is 11.3 Å². The van der Waals surface area contributed by atoms with Gasteiger partial charge in [0.1, 0.15) is 0 Å². The first kappa shape index (κ1) is 25.2. The maximum atomic E-state index is 2.47. The van der Waals surface area contributed by atoms with E-state index in [1.165, 1.54) is 91.5 Å². The summed E-state index contributed by atoms with van der Waals surface area (Å²) in [5.74, 6) is 0. The second-order valence-corrected chi connectivity index (χ2v) is 13.9. The van der Waals surface area contributed by atoms with Crippen molar-refractivity contribution in [2.75, 3.05) is 4.90 Å². The summed E-state index contributed by atoms with van der Waals surface area (Å²) in [6.07, 6.45) is 0. The summed E-state index contributed by atoms with van der Waals surface area (Å²) in [5.41, 5.74) is 6.33. The maximum Gasteiger partial charge on any atom is 0.0502 e. The Balaban J connectivity index is 1.29. The van der Waals surface area contributed by atoms with Crippen LogP contribution in [0.2, 0.25) is 0 Å². The van der Waals surface area contributed by atoms with Crippen LogP contribution in [0.5, 0.6) is 0 Å². The third-order valence-electron chi connectivity index (χ3n) is 10.2. The number of nitrogens with zero attached hydrogens (tertiary/aromatic N) is 1. The number of rotatable bonds is 1. The van der Waals surface area contributed by atoms with Gasteiger partial charge in [0.25, 0.3) is 0 Å². The Labute approximate surface area is 265 Å². The molecule has 1 aliphatic heterocycles. The van der Waals surface area contributed by atoms with Crippen molar-refractivity contribution in [3.8, 4) is 0 Å². The molecule has 2 heterocycles. The Bertz CT molecular complexity index is 2620. The Morgan fingerprint density at radius 2 is 0.978 bits per heavy atom. The fourth-order valence-corrected chi connectivity index (χ4v) is 9.47. The van der Waals surface area contributed by atoms with Gasteiger partial charge in [-0.1, -0.05) is 129 Å². The molecule has 0 aliphatic carbocycles. The zero-order valence-electron chi connectivity index (χ0n) is 25.1. The molecule has 0 unspecified atom stereocenters. The minimum absolute atomic E-state index is 0.0790. The van der Waals surface area contributed by atoms with E-state index >= 15 is 0 Å². The maximum absolute atomic E-state index is 2.47. The van der Waals surface area contributed by atoms with Gasteiger partial charge in [-0.05, 0) is 73.1 Å². The van der Waals surface area contributed by atoms with E-state index in [0.29, 0.717) is 0 Å². The van der Waals surface area contributed by atoms with E-state index in [-0.39, 0.29) is 5.41 Å². The van der Waals surface area contributed by atoms with Crippen LogP contribution in [0.4, 0.5) is 17.1 Å². The van der Waals surface area contributed by atoms with E-state index in [9.17, 15) is 0 Å². The summed E-state index contributed by atoms with van der Waals surface area (Å²) < 4.78 is 2.75. The number of hydrogen-bond donors (Lipinski definition) is 0. The molecular formula is C43H29NS. The van der Waals surface area contributed by atoms with Crippen LogP contribution in [0.1, 0.15) is 25.0 Å². The number of thiophene rings is 1. The number of fused-ring (bicyclic) bond motifs is 14. The Kier molecular flexibility index (Phi) is 5.00. The SMILES string of the molecule is CC1(C)c2ccccc2N(c2ccc3c(c2)c2ccccc2c2c3ccc3c4ccc5ccccc5c4sc32)c2ccccc21. The second kappa shape index (κ2) is 8.94. The highest BCUT2D eigenvalue weighted by Gasteiger charge is 2.36. The average Bonchev–Trinajstić information content (AvgIpc) is 3.48. The lowest BCUT2D eigenvalue weighted by molar-refractivity contribution is 0.632. The van der Waals surface area contributed by atoms with Crippen LogP contribution in [-0.4, -0.2) is 0 Å². The molecule has 0 bridgehead atoms. The van der Waals surface area contributed by atoms with E-state index in [2.05, 4.69) is 158 Å². The minimum Gasteiger partial charge on any atom is -0.310 e. The first-order valence-electron chi connectivity index (χ1n) is 15.7. The van der Waals surface area contributed by atoms with Gasteiger partial charge < -0.3 is 4.90 Å². The van der Waals surface area contributed by atoms with Gasteiger partial charge in [0, 0.05) is 36.7 Å². The Morgan fingerprint density at radius 3 is 1.76 bits per heavy atom. The van der Waals surface area contributed by atoms with E-state index in [1.54, 1.807) is 0 Å². The smallest absolute Gasteiger partial charge is 0.0502 e. The number of para-hydroxylation sites is 2. The third kappa shape index (κ3) is 3.32. The highest BCUT2D eigenvalue weighted by atomic mass is 32.1. The lowest BCUT2D eigenvalue weighted by Gasteiger charge is -2.42. The van der Waals surface area contributed by atoms with E-state index in [1.807, 2.05) is 11.3 Å². The van der Waals surface area contributed by atoms with Crippen molar-refractivity contribution in [1.29, 1.82) is 0 Å². The van der Waals surface area contributed by atoms with Gasteiger partial charge in [0.2, 0.25) is 0 Å². The van der Waals surface area contributed by atoms with Crippen LogP contribution in [-0.2, 0) is 5.41 Å². The zero-order valence-corrected chi connectivity index (χ0v) is 26.0. The molecule has 0 saturated carbocycles. The monoisotopic (exact) mass is 591 g/mol. The zero-order chi connectivity index (χ0) is 29.9. The molecule has 10 rings (SSSR count). The Morgan fingerprint density at radius 1 is 0.444 bits per heavy atom. The van der Waals surface area contributed by atoms with Gasteiger partial charge in [-0.25, -0.2) is 0 Å². The fraction of sp³-hybridized carbons (Fsp3) is 0.0698. The molecule has 212 valence electrons. The molecule has 1 nitrogen and oxygen atoms in total. The molecule has 0 saturated heterocycles. The molecular weight excluding hydrogens is 563 g/mol. The lowest BCUT2D eigenvalue weighted by atomic mass is 9.73. The summed E-state index contributed by atoms with van der Waals surface area (Å²) in [7, 11) is 0. The number of benzene rings is 8. The van der Waals surface area contributed by atoms with Crippen molar-refractivity contribution in [2.45, 2.75) is 19.3 Å². The summed E-state index contributed by atoms with van der Waals surface area (Å²) in [6, 6.07) is 52.0. The summed E-state index contributed by atoms with van der Waals surface area (Å²) >= 11 is 1.95. The molecule has 2 heteroatoms. The molecule has 9 aromatic rings. The van der Waals surface area contributed by atoms with E-state index in [0.717, 1.165) is 0 Å². The van der Waals surface area contributed by atoms with E-state index < -0.39 is 0 Å². The molecule has 8 aromatic carbocycles. The van der Waals surface area contributed by atoms with Crippen LogP contribution < -0.4 is 4.90 Å². The molecule has 0 fully saturated rings. The number of hydrogen-bond acceptors (Lipinski definition) is 2. The highest BCUT2D eigenvalue weighted by molar-refractivity contribution is 7.27. The van der Waals surface area contributed by atoms with Gasteiger partial charge in [-0.15, -0.1) is 11.3 Å². The predicted molar refractivity (Wildman–Crippen MR) is 196 cm³/mol. The van der Waals surface area contributed by atoms with Crippen LogP contribution in [0.15, 0.2) is 140 Å². The van der Waals surface area contributed by atoms with Crippen LogP contribution in [0, 0.1) is 0 Å². The summed E-state index contributed by atoms with van der Waals surface area (Å²) in [4.78, 5) is 2.47. The van der Waals surface area contributed by atoms with Crippen molar-refractivity contribution >= 4 is 91.7 Å². The second-order valence-electron chi connectivity index (χ2n) is 12.9. The molecule has 0 spiro atoms. The van der Waals surface area contributed by atoms with Crippen molar-refractivity contribution < 1.29 is 0 Å². The molecule has 0 amide bonds. The quantitative estimate of drug-likeness (QED) is 0.172. The van der Waals surface area contributed by atoms with Gasteiger partial charge in [-0.2, -0.15) is 0 Å². The number of anilines is 3. The standard InChI is InChI=1S/C43H29NS/c1-43(2)36-15-7-9-17-38(36)44(39-18-10-8-16-37(39)43)27-20-22-30-32-23-24-34-33-21-19-26-11-3-4-12-28(26)41(33)45-42(34)40(32)31-14-6-5-13-29(31)35(30)25-27/h3-25H,1-2H3. The van der Waals surface area contributed by atoms with Crippen LogP contribution in [0.25, 0.3) is 63.3 Å². The lowest BCUT2D eigenvalue weighted by Crippen LogP contribution is -2.30. The van der Waals surface area contributed by atoms with Crippen molar-refractivity contribution in [3.63, 3.8) is 0 Å². The predicted octanol–water partition coefficient (Wildman–Crippen LogP) is 12.8. The molecule has 0 radical (unpaired) electrons. The average molecular weight is 592 g/mol. The summed E-state index contributed by atoms with van der Waals surface area (Å²) in [6.45, 7) is 4.69. The molecule has 1 aliphatic rings. The largest absolute Gasteiger partial charge is 0.310 e. The normalized spacial score (nSPS) is 14.1. The first-order valence-corrected chi connectivity index (χ1v) is 16.5. The molecule has 1 aromatic heterocycles. The molecule has 0 N–H and O–H groups in total. The van der Waals surface area contributed by atoms with Crippen LogP contribution in [0.3, 0.4) is 0 Å². The third-order valence-corrected chi connectivity index (χ3v) is 11.5. The van der Waals surface area contributed by atoms with Crippen molar-refractivity contribution in [1.82, 2.24) is 0 Å². The van der Waals surface area contributed by atoms with Crippen molar-refractivity contribution in [2.24, 2.45) is 0 Å².